The number of rotatable bonds is 2. The molecule has 2 heterocycles. The zero-order valence-electron chi connectivity index (χ0n) is 25.8. The van der Waals surface area contributed by atoms with Crippen LogP contribution in [-0.4, -0.2) is 0 Å². The molecule has 222 valence electrons. The molecule has 2 heteroatoms. The van der Waals surface area contributed by atoms with E-state index in [1.54, 1.807) is 0 Å². The highest BCUT2D eigenvalue weighted by molar-refractivity contribution is 6.32. The highest BCUT2D eigenvalue weighted by Gasteiger charge is 2.17. The summed E-state index contributed by atoms with van der Waals surface area (Å²) in [6.07, 6.45) is 0. The van der Waals surface area contributed by atoms with E-state index in [1.165, 1.54) is 59.8 Å². The lowest BCUT2D eigenvalue weighted by Gasteiger charge is -2.12. The van der Waals surface area contributed by atoms with Crippen LogP contribution in [0.1, 0.15) is 0 Å². The molecule has 0 N–H and O–H groups in total. The van der Waals surface area contributed by atoms with Crippen LogP contribution in [0.15, 0.2) is 167 Å². The van der Waals surface area contributed by atoms with Gasteiger partial charge >= 0.3 is 0 Å². The third-order valence-corrected chi connectivity index (χ3v) is 10.2. The molecule has 11 aromatic rings. The summed E-state index contributed by atoms with van der Waals surface area (Å²) in [7, 11) is 0. The Morgan fingerprint density at radius 1 is 0.292 bits per heavy atom. The van der Waals surface area contributed by atoms with Crippen LogP contribution in [-0.2, 0) is 0 Å². The van der Waals surface area contributed by atoms with E-state index in [1.807, 2.05) is 6.07 Å². The summed E-state index contributed by atoms with van der Waals surface area (Å²) in [4.78, 5) is 0. The molecule has 2 aromatic heterocycles. The van der Waals surface area contributed by atoms with Crippen molar-refractivity contribution in [1.82, 2.24) is 0 Å². The molecule has 0 aliphatic rings. The molecule has 0 saturated carbocycles. The van der Waals surface area contributed by atoms with E-state index in [0.29, 0.717) is 0 Å². The first-order valence-electron chi connectivity index (χ1n) is 16.4. The van der Waals surface area contributed by atoms with Crippen LogP contribution in [0.3, 0.4) is 0 Å². The zero-order chi connectivity index (χ0) is 31.3. The second kappa shape index (κ2) is 9.57. The normalized spacial score (nSPS) is 12.2. The lowest BCUT2D eigenvalue weighted by Crippen LogP contribution is -1.86. The molecule has 0 bridgehead atoms. The predicted molar refractivity (Wildman–Crippen MR) is 202 cm³/mol. The van der Waals surface area contributed by atoms with Gasteiger partial charge in [-0.05, 0) is 102 Å². The smallest absolute Gasteiger partial charge is 0.143 e. The average Bonchev–Trinajstić information content (AvgIpc) is 3.72. The number of hydrogen-bond donors (Lipinski definition) is 0. The van der Waals surface area contributed by atoms with Crippen molar-refractivity contribution in [2.24, 2.45) is 0 Å². The van der Waals surface area contributed by atoms with Crippen molar-refractivity contribution in [3.05, 3.63) is 158 Å². The molecule has 2 nitrogen and oxygen atoms in total. The lowest BCUT2D eigenvalue weighted by atomic mass is 9.91. The van der Waals surface area contributed by atoms with Gasteiger partial charge in [0.25, 0.3) is 0 Å². The van der Waals surface area contributed by atoms with Gasteiger partial charge < -0.3 is 8.83 Å². The maximum Gasteiger partial charge on any atom is 0.143 e. The summed E-state index contributed by atoms with van der Waals surface area (Å²) >= 11 is 0. The summed E-state index contributed by atoms with van der Waals surface area (Å²) in [5.74, 6) is 0. The maximum atomic E-state index is 6.57. The second-order valence-electron chi connectivity index (χ2n) is 12.8. The van der Waals surface area contributed by atoms with Crippen molar-refractivity contribution >= 4 is 87.0 Å². The number of benzene rings is 9. The van der Waals surface area contributed by atoms with Gasteiger partial charge in [0.05, 0.1) is 0 Å². The molecule has 11 rings (SSSR count). The van der Waals surface area contributed by atoms with Crippen LogP contribution < -0.4 is 0 Å². The van der Waals surface area contributed by atoms with Crippen LogP contribution in [0, 0.1) is 0 Å². The minimum Gasteiger partial charge on any atom is -0.456 e. The quantitative estimate of drug-likeness (QED) is 0.182. The number of furan rings is 2. The minimum atomic E-state index is 0.897. The standard InChI is InChI=1S/C46H26O2/c1-2-10-31-27(8-1)9-7-14-32(31)30-18-23-44-41(26-30)40-25-29(17-22-43(40)47-44)28-16-19-37-39(24-28)34-12-4-3-11-33(34)36-20-21-38-35-13-5-6-15-42(35)48-46(38)45(36)37/h1-26H. The van der Waals surface area contributed by atoms with Gasteiger partial charge in [-0.25, -0.2) is 0 Å². The Labute approximate surface area is 275 Å². The van der Waals surface area contributed by atoms with Gasteiger partial charge in [0, 0.05) is 26.9 Å². The maximum absolute atomic E-state index is 6.57. The highest BCUT2D eigenvalue weighted by Crippen LogP contribution is 2.43. The fraction of sp³-hybridized carbons (Fsp3) is 0. The van der Waals surface area contributed by atoms with Crippen LogP contribution in [0.25, 0.3) is 109 Å². The fourth-order valence-electron chi connectivity index (χ4n) is 8.00. The van der Waals surface area contributed by atoms with Crippen LogP contribution >= 0.6 is 0 Å². The Bertz CT molecular complexity index is 3110. The monoisotopic (exact) mass is 610 g/mol. The summed E-state index contributed by atoms with van der Waals surface area (Å²) in [6, 6.07) is 56.7. The first-order chi connectivity index (χ1) is 23.8. The van der Waals surface area contributed by atoms with Crippen molar-refractivity contribution in [1.29, 1.82) is 0 Å². The Morgan fingerprint density at radius 3 is 1.67 bits per heavy atom. The van der Waals surface area contributed by atoms with Gasteiger partial charge in [-0.15, -0.1) is 0 Å². The molecular weight excluding hydrogens is 585 g/mol. The van der Waals surface area contributed by atoms with Gasteiger partial charge in [0.2, 0.25) is 0 Å². The van der Waals surface area contributed by atoms with E-state index < -0.39 is 0 Å². The first-order valence-corrected chi connectivity index (χ1v) is 16.4. The summed E-state index contributed by atoms with van der Waals surface area (Å²) in [6.45, 7) is 0. The molecule has 0 spiro atoms. The Hall–Kier alpha value is -6.38. The molecule has 0 fully saturated rings. The summed E-state index contributed by atoms with van der Waals surface area (Å²) in [5.41, 5.74) is 8.41. The van der Waals surface area contributed by atoms with Gasteiger partial charge in [-0.2, -0.15) is 0 Å². The van der Waals surface area contributed by atoms with Crippen molar-refractivity contribution in [3.8, 4) is 22.3 Å². The van der Waals surface area contributed by atoms with Crippen molar-refractivity contribution < 1.29 is 8.83 Å². The molecular formula is C46H26O2. The number of para-hydroxylation sites is 1. The first kappa shape index (κ1) is 25.8. The van der Waals surface area contributed by atoms with Crippen molar-refractivity contribution in [2.45, 2.75) is 0 Å². The molecule has 0 saturated heterocycles. The lowest BCUT2D eigenvalue weighted by molar-refractivity contribution is 0.669. The van der Waals surface area contributed by atoms with Crippen LogP contribution in [0.5, 0.6) is 0 Å². The SMILES string of the molecule is c1ccc2c(-c3ccc4oc5ccc(-c6ccc7c(c6)c6ccccc6c6ccc8c9ccccc9oc8c67)cc5c4c3)cccc2c1. The molecule has 0 unspecified atom stereocenters. The van der Waals surface area contributed by atoms with E-state index in [9.17, 15) is 0 Å². The molecule has 0 aliphatic carbocycles. The van der Waals surface area contributed by atoms with Crippen LogP contribution in [0.2, 0.25) is 0 Å². The molecule has 0 aliphatic heterocycles. The third kappa shape index (κ3) is 3.57. The molecule has 48 heavy (non-hydrogen) atoms. The van der Waals surface area contributed by atoms with E-state index in [0.717, 1.165) is 49.4 Å². The van der Waals surface area contributed by atoms with E-state index >= 15 is 0 Å². The third-order valence-electron chi connectivity index (χ3n) is 10.2. The average molecular weight is 611 g/mol. The van der Waals surface area contributed by atoms with Crippen LogP contribution in [0.4, 0.5) is 0 Å². The Balaban J connectivity index is 1.14. The van der Waals surface area contributed by atoms with Gasteiger partial charge in [0.15, 0.2) is 0 Å². The summed E-state index contributed by atoms with van der Waals surface area (Å²) < 4.78 is 12.9. The highest BCUT2D eigenvalue weighted by atomic mass is 16.3. The molecule has 0 amide bonds. The largest absolute Gasteiger partial charge is 0.456 e. The molecule has 9 aromatic carbocycles. The zero-order valence-corrected chi connectivity index (χ0v) is 25.8. The van der Waals surface area contributed by atoms with Crippen molar-refractivity contribution in [2.75, 3.05) is 0 Å². The van der Waals surface area contributed by atoms with E-state index in [2.05, 4.69) is 152 Å². The van der Waals surface area contributed by atoms with Gasteiger partial charge in [-0.3, -0.25) is 0 Å². The number of hydrogen-bond acceptors (Lipinski definition) is 2. The van der Waals surface area contributed by atoms with Crippen molar-refractivity contribution in [3.63, 3.8) is 0 Å². The number of fused-ring (bicyclic) bond motifs is 14. The van der Waals surface area contributed by atoms with Gasteiger partial charge in [0.1, 0.15) is 22.3 Å². The van der Waals surface area contributed by atoms with E-state index in [-0.39, 0.29) is 0 Å². The predicted octanol–water partition coefficient (Wildman–Crippen LogP) is 13.4. The fourth-order valence-corrected chi connectivity index (χ4v) is 8.00. The molecule has 0 atom stereocenters. The second-order valence-corrected chi connectivity index (χ2v) is 12.8. The van der Waals surface area contributed by atoms with Gasteiger partial charge in [-0.1, -0.05) is 115 Å². The Kier molecular flexibility index (Phi) is 5.14. The summed E-state index contributed by atoms with van der Waals surface area (Å²) in [5, 5.41) is 14.3. The minimum absolute atomic E-state index is 0.897. The topological polar surface area (TPSA) is 26.3 Å². The van der Waals surface area contributed by atoms with E-state index in [4.69, 9.17) is 8.83 Å². The molecule has 0 radical (unpaired) electrons. The Morgan fingerprint density at radius 2 is 0.833 bits per heavy atom.